The molecule has 1 saturated heterocycles. The molecule has 1 aliphatic rings. The number of nitriles is 1. The van der Waals surface area contributed by atoms with E-state index in [0.717, 1.165) is 26.2 Å². The topological polar surface area (TPSA) is 86.3 Å². The zero-order valence-corrected chi connectivity index (χ0v) is 11.7. The lowest BCUT2D eigenvalue weighted by Gasteiger charge is -2.34. The number of anilines is 1. The number of pyridine rings is 1. The van der Waals surface area contributed by atoms with Crippen LogP contribution < -0.4 is 4.90 Å². The van der Waals surface area contributed by atoms with Crippen LogP contribution in [0.15, 0.2) is 16.7 Å². The zero-order chi connectivity index (χ0) is 13.8. The van der Waals surface area contributed by atoms with Crippen molar-refractivity contribution in [2.24, 2.45) is 0 Å². The van der Waals surface area contributed by atoms with Crippen molar-refractivity contribution in [2.75, 3.05) is 37.6 Å². The van der Waals surface area contributed by atoms with Crippen molar-refractivity contribution in [3.05, 3.63) is 26.9 Å². The zero-order valence-electron chi connectivity index (χ0n) is 10.1. The lowest BCUT2D eigenvalue weighted by atomic mass is 10.3. The maximum Gasteiger partial charge on any atom is 0.288 e. The Labute approximate surface area is 118 Å². The van der Waals surface area contributed by atoms with Crippen LogP contribution in [0.1, 0.15) is 0 Å². The van der Waals surface area contributed by atoms with E-state index in [1.165, 1.54) is 12.3 Å². The monoisotopic (exact) mass is 325 g/mol. The van der Waals surface area contributed by atoms with E-state index in [9.17, 15) is 10.1 Å². The second kappa shape index (κ2) is 5.95. The van der Waals surface area contributed by atoms with E-state index in [-0.39, 0.29) is 5.69 Å². The molecule has 0 spiro atoms. The third kappa shape index (κ3) is 3.19. The van der Waals surface area contributed by atoms with Gasteiger partial charge in [-0.2, -0.15) is 5.26 Å². The lowest BCUT2D eigenvalue weighted by Crippen LogP contribution is -2.46. The summed E-state index contributed by atoms with van der Waals surface area (Å²) < 4.78 is 0.621. The molecule has 100 valence electrons. The molecule has 0 unspecified atom stereocenters. The summed E-state index contributed by atoms with van der Waals surface area (Å²) in [5.74, 6) is 0.710. The Bertz CT molecular complexity index is 522. The minimum Gasteiger partial charge on any atom is -0.353 e. The fraction of sp³-hybridized carbons (Fsp3) is 0.455. The van der Waals surface area contributed by atoms with Crippen molar-refractivity contribution in [1.82, 2.24) is 9.88 Å². The predicted molar refractivity (Wildman–Crippen MR) is 72.9 cm³/mol. The van der Waals surface area contributed by atoms with E-state index in [2.05, 4.69) is 36.8 Å². The molecule has 0 amide bonds. The molecule has 0 bridgehead atoms. The number of halogens is 1. The van der Waals surface area contributed by atoms with Crippen LogP contribution in [0.5, 0.6) is 0 Å². The molecule has 0 radical (unpaired) electrons. The van der Waals surface area contributed by atoms with Gasteiger partial charge in [-0.1, -0.05) is 0 Å². The van der Waals surface area contributed by atoms with Crippen LogP contribution in [0.4, 0.5) is 11.5 Å². The fourth-order valence-corrected chi connectivity index (χ4v) is 2.56. The summed E-state index contributed by atoms with van der Waals surface area (Å²) in [6, 6.07) is 3.59. The van der Waals surface area contributed by atoms with Gasteiger partial charge in [0.15, 0.2) is 0 Å². The minimum atomic E-state index is -0.466. The fourth-order valence-electron chi connectivity index (χ4n) is 1.97. The smallest absolute Gasteiger partial charge is 0.288 e. The number of nitrogens with zero attached hydrogens (tertiary/aromatic N) is 5. The Morgan fingerprint density at radius 3 is 2.68 bits per heavy atom. The normalized spacial score (nSPS) is 16.1. The second-order valence-electron chi connectivity index (χ2n) is 4.18. The van der Waals surface area contributed by atoms with E-state index in [0.29, 0.717) is 16.8 Å². The van der Waals surface area contributed by atoms with Gasteiger partial charge in [0.05, 0.1) is 22.0 Å². The number of hydrogen-bond donors (Lipinski definition) is 0. The minimum absolute atomic E-state index is 0.0289. The van der Waals surface area contributed by atoms with Gasteiger partial charge in [0.2, 0.25) is 0 Å². The molecule has 2 rings (SSSR count). The molecule has 2 heterocycles. The third-order valence-corrected chi connectivity index (χ3v) is 3.57. The summed E-state index contributed by atoms with van der Waals surface area (Å²) in [6.07, 6.45) is 1.27. The average molecular weight is 326 g/mol. The summed E-state index contributed by atoms with van der Waals surface area (Å²) >= 11 is 3.32. The lowest BCUT2D eigenvalue weighted by molar-refractivity contribution is -0.385. The molecule has 19 heavy (non-hydrogen) atoms. The van der Waals surface area contributed by atoms with Crippen molar-refractivity contribution in [1.29, 1.82) is 5.26 Å². The van der Waals surface area contributed by atoms with Gasteiger partial charge < -0.3 is 4.90 Å². The van der Waals surface area contributed by atoms with Crippen LogP contribution in [-0.4, -0.2) is 47.5 Å². The van der Waals surface area contributed by atoms with Crippen LogP contribution >= 0.6 is 15.9 Å². The van der Waals surface area contributed by atoms with Crippen LogP contribution in [0.25, 0.3) is 0 Å². The van der Waals surface area contributed by atoms with Crippen LogP contribution in [0.3, 0.4) is 0 Å². The first-order chi connectivity index (χ1) is 9.11. The average Bonchev–Trinajstić information content (AvgIpc) is 2.40. The predicted octanol–water partition coefficient (Wildman–Crippen LogP) is 1.40. The molecule has 7 nitrogen and oxygen atoms in total. The van der Waals surface area contributed by atoms with Gasteiger partial charge in [-0.3, -0.25) is 15.0 Å². The van der Waals surface area contributed by atoms with Crippen molar-refractivity contribution in [3.63, 3.8) is 0 Å². The Morgan fingerprint density at radius 1 is 1.47 bits per heavy atom. The number of piperazine rings is 1. The molecular weight excluding hydrogens is 314 g/mol. The van der Waals surface area contributed by atoms with Gasteiger partial charge >= 0.3 is 0 Å². The van der Waals surface area contributed by atoms with E-state index < -0.39 is 4.92 Å². The molecule has 1 aliphatic heterocycles. The number of rotatable bonds is 3. The Balaban J connectivity index is 2.08. The molecule has 1 fully saturated rings. The highest BCUT2D eigenvalue weighted by atomic mass is 79.9. The van der Waals surface area contributed by atoms with Gasteiger partial charge in [-0.25, -0.2) is 4.98 Å². The Hall–Kier alpha value is -1.72. The van der Waals surface area contributed by atoms with Crippen molar-refractivity contribution >= 4 is 27.4 Å². The summed E-state index contributed by atoms with van der Waals surface area (Å²) in [5.41, 5.74) is -0.0289. The van der Waals surface area contributed by atoms with E-state index in [4.69, 9.17) is 5.26 Å². The number of aromatic nitrogens is 1. The maximum atomic E-state index is 10.6. The Kier molecular flexibility index (Phi) is 4.29. The van der Waals surface area contributed by atoms with Crippen LogP contribution in [0.2, 0.25) is 0 Å². The SMILES string of the molecule is N#CCN1CCN(c2ncc([N+](=O)[O-])cc2Br)CC1. The number of hydrogen-bond acceptors (Lipinski definition) is 6. The third-order valence-electron chi connectivity index (χ3n) is 2.98. The maximum absolute atomic E-state index is 10.6. The van der Waals surface area contributed by atoms with Gasteiger partial charge in [0, 0.05) is 32.2 Å². The molecular formula is C11H12BrN5O2. The summed E-state index contributed by atoms with van der Waals surface area (Å²) in [5, 5.41) is 19.3. The largest absolute Gasteiger partial charge is 0.353 e. The molecule has 0 aromatic carbocycles. The molecule has 1 aromatic heterocycles. The van der Waals surface area contributed by atoms with Gasteiger partial charge in [0.25, 0.3) is 5.69 Å². The van der Waals surface area contributed by atoms with Crippen LogP contribution in [-0.2, 0) is 0 Å². The van der Waals surface area contributed by atoms with Crippen molar-refractivity contribution < 1.29 is 4.92 Å². The first kappa shape index (κ1) is 13.7. The summed E-state index contributed by atoms with van der Waals surface area (Å²) in [6.45, 7) is 3.52. The molecule has 0 atom stereocenters. The highest BCUT2D eigenvalue weighted by Gasteiger charge is 2.20. The van der Waals surface area contributed by atoms with Gasteiger partial charge in [-0.15, -0.1) is 0 Å². The molecule has 0 aliphatic carbocycles. The molecule has 0 N–H and O–H groups in total. The first-order valence-electron chi connectivity index (χ1n) is 5.76. The second-order valence-corrected chi connectivity index (χ2v) is 5.03. The quantitative estimate of drug-likeness (QED) is 0.474. The summed E-state index contributed by atoms with van der Waals surface area (Å²) in [7, 11) is 0. The van der Waals surface area contributed by atoms with E-state index >= 15 is 0 Å². The molecule has 0 saturated carbocycles. The van der Waals surface area contributed by atoms with Crippen LogP contribution in [0, 0.1) is 21.4 Å². The Morgan fingerprint density at radius 2 is 2.16 bits per heavy atom. The molecule has 1 aromatic rings. The van der Waals surface area contributed by atoms with Crippen molar-refractivity contribution in [2.45, 2.75) is 0 Å². The van der Waals surface area contributed by atoms with Gasteiger partial charge in [0.1, 0.15) is 12.0 Å². The first-order valence-corrected chi connectivity index (χ1v) is 6.55. The highest BCUT2D eigenvalue weighted by Crippen LogP contribution is 2.28. The van der Waals surface area contributed by atoms with Gasteiger partial charge in [-0.05, 0) is 15.9 Å². The highest BCUT2D eigenvalue weighted by molar-refractivity contribution is 9.10. The van der Waals surface area contributed by atoms with E-state index in [1.54, 1.807) is 0 Å². The molecule has 8 heteroatoms. The standard InChI is InChI=1S/C11H12BrN5O2/c12-10-7-9(17(18)19)8-14-11(10)16-5-3-15(2-1-13)4-6-16/h7-8H,2-6H2. The number of nitro groups is 1. The summed E-state index contributed by atoms with van der Waals surface area (Å²) in [4.78, 5) is 18.5. The van der Waals surface area contributed by atoms with Crippen molar-refractivity contribution in [3.8, 4) is 6.07 Å². The van der Waals surface area contributed by atoms with E-state index in [1.807, 2.05) is 0 Å².